The van der Waals surface area contributed by atoms with Gasteiger partial charge < -0.3 is 28.8 Å². The lowest BCUT2D eigenvalue weighted by Gasteiger charge is -2.32. The summed E-state index contributed by atoms with van der Waals surface area (Å²) in [5.74, 6) is -2.45. The second-order valence-corrected chi connectivity index (χ2v) is 9.81. The summed E-state index contributed by atoms with van der Waals surface area (Å²) in [6.45, 7) is 14.7. The summed E-state index contributed by atoms with van der Waals surface area (Å²) >= 11 is 0. The van der Waals surface area contributed by atoms with Crippen molar-refractivity contribution < 1.29 is 38.4 Å². The molecule has 1 aromatic rings. The van der Waals surface area contributed by atoms with Crippen LogP contribution in [0.5, 0.6) is 0 Å². The van der Waals surface area contributed by atoms with Crippen molar-refractivity contribution in [3.05, 3.63) is 23.3 Å². The highest BCUT2D eigenvalue weighted by Crippen LogP contribution is 2.38. The van der Waals surface area contributed by atoms with E-state index in [1.807, 2.05) is 55.4 Å². The minimum atomic E-state index is -1.23. The van der Waals surface area contributed by atoms with Crippen molar-refractivity contribution >= 4 is 37.1 Å². The first kappa shape index (κ1) is 22.8. The third-order valence-electron chi connectivity index (χ3n) is 6.70. The Morgan fingerprint density at radius 3 is 1.07 bits per heavy atom. The van der Waals surface area contributed by atoms with Crippen LogP contribution in [0.4, 0.5) is 0 Å². The maximum absolute atomic E-state index is 12.1. The molecular weight excluding hydrogens is 390 g/mol. The zero-order chi connectivity index (χ0) is 22.9. The molecule has 2 N–H and O–H groups in total. The monoisotopic (exact) mass is 418 g/mol. The predicted molar refractivity (Wildman–Crippen MR) is 112 cm³/mol. The fourth-order valence-electron chi connectivity index (χ4n) is 3.33. The molecule has 8 nitrogen and oxygen atoms in total. The van der Waals surface area contributed by atoms with Gasteiger partial charge in [-0.25, -0.2) is 9.59 Å². The Morgan fingerprint density at radius 2 is 0.867 bits per heavy atom. The van der Waals surface area contributed by atoms with Crippen molar-refractivity contribution in [2.24, 2.45) is 0 Å². The van der Waals surface area contributed by atoms with Crippen LogP contribution in [0, 0.1) is 0 Å². The Labute approximate surface area is 177 Å². The van der Waals surface area contributed by atoms with Crippen molar-refractivity contribution in [1.82, 2.24) is 0 Å². The number of carboxylic acids is 2. The molecule has 2 fully saturated rings. The van der Waals surface area contributed by atoms with E-state index in [1.54, 1.807) is 0 Å². The number of hydrogen-bond acceptors (Lipinski definition) is 6. The van der Waals surface area contributed by atoms with Gasteiger partial charge in [-0.1, -0.05) is 0 Å². The molecule has 0 radical (unpaired) electrons. The second-order valence-electron chi connectivity index (χ2n) is 9.81. The van der Waals surface area contributed by atoms with Crippen LogP contribution in [0.15, 0.2) is 12.1 Å². The predicted octanol–water partition coefficient (Wildman–Crippen LogP) is 1.68. The molecule has 3 rings (SSSR count). The Hall–Kier alpha value is -1.87. The molecule has 2 heterocycles. The fraction of sp³-hybridized carbons (Fsp3) is 0.600. The van der Waals surface area contributed by atoms with Crippen LogP contribution in [-0.2, 0) is 18.6 Å². The number of hydrogen-bond donors (Lipinski definition) is 2. The maximum Gasteiger partial charge on any atom is 0.495 e. The van der Waals surface area contributed by atoms with Gasteiger partial charge >= 0.3 is 26.2 Å². The minimum Gasteiger partial charge on any atom is -0.478 e. The van der Waals surface area contributed by atoms with Gasteiger partial charge in [0.2, 0.25) is 0 Å². The molecule has 30 heavy (non-hydrogen) atoms. The lowest BCUT2D eigenvalue weighted by Crippen LogP contribution is -2.44. The molecule has 2 aliphatic heterocycles. The zero-order valence-electron chi connectivity index (χ0n) is 18.7. The Morgan fingerprint density at radius 1 is 0.633 bits per heavy atom. The molecule has 2 aliphatic rings. The van der Waals surface area contributed by atoms with Crippen LogP contribution in [0.3, 0.4) is 0 Å². The largest absolute Gasteiger partial charge is 0.495 e. The van der Waals surface area contributed by atoms with Crippen molar-refractivity contribution in [2.75, 3.05) is 0 Å². The molecule has 0 atom stereocenters. The Kier molecular flexibility index (Phi) is 5.18. The maximum atomic E-state index is 12.1. The first-order valence-corrected chi connectivity index (χ1v) is 9.85. The summed E-state index contributed by atoms with van der Waals surface area (Å²) in [5.41, 5.74) is -2.80. The van der Waals surface area contributed by atoms with Gasteiger partial charge in [0.05, 0.1) is 33.5 Å². The highest BCUT2D eigenvalue weighted by molar-refractivity contribution is 6.66. The average Bonchev–Trinajstić information content (AvgIpc) is 2.93. The highest BCUT2D eigenvalue weighted by Gasteiger charge is 2.55. The number of rotatable bonds is 4. The van der Waals surface area contributed by atoms with Gasteiger partial charge in [0.25, 0.3) is 0 Å². The summed E-state index contributed by atoms with van der Waals surface area (Å²) in [6, 6.07) is 2.57. The van der Waals surface area contributed by atoms with Crippen LogP contribution in [-0.4, -0.2) is 58.8 Å². The minimum absolute atomic E-state index is 0.122. The summed E-state index contributed by atoms with van der Waals surface area (Å²) in [4.78, 5) is 24.1. The van der Waals surface area contributed by atoms with Gasteiger partial charge in [-0.05, 0) is 78.4 Å². The van der Waals surface area contributed by atoms with E-state index in [-0.39, 0.29) is 22.1 Å². The third kappa shape index (κ3) is 3.56. The van der Waals surface area contributed by atoms with Gasteiger partial charge in [-0.2, -0.15) is 0 Å². The summed E-state index contributed by atoms with van der Waals surface area (Å²) in [6.07, 6.45) is 0. The smallest absolute Gasteiger partial charge is 0.478 e. The van der Waals surface area contributed by atoms with Crippen LogP contribution in [0.1, 0.15) is 76.1 Å². The molecule has 0 aliphatic carbocycles. The van der Waals surface area contributed by atoms with E-state index in [4.69, 9.17) is 18.6 Å². The van der Waals surface area contributed by atoms with Crippen LogP contribution in [0.2, 0.25) is 0 Å². The first-order valence-electron chi connectivity index (χ1n) is 9.85. The van der Waals surface area contributed by atoms with E-state index in [9.17, 15) is 19.8 Å². The molecule has 0 spiro atoms. The van der Waals surface area contributed by atoms with Gasteiger partial charge in [-0.3, -0.25) is 0 Å². The number of benzene rings is 1. The topological polar surface area (TPSA) is 112 Å². The molecular formula is C20H28B2O8. The van der Waals surface area contributed by atoms with E-state index in [2.05, 4.69) is 0 Å². The molecule has 1 aromatic carbocycles. The molecule has 0 aromatic heterocycles. The van der Waals surface area contributed by atoms with Crippen LogP contribution >= 0.6 is 0 Å². The van der Waals surface area contributed by atoms with Gasteiger partial charge in [0.15, 0.2) is 0 Å². The van der Waals surface area contributed by atoms with Crippen molar-refractivity contribution in [3.63, 3.8) is 0 Å². The van der Waals surface area contributed by atoms with E-state index in [0.29, 0.717) is 0 Å². The molecule has 10 heteroatoms. The van der Waals surface area contributed by atoms with Gasteiger partial charge in [0.1, 0.15) is 0 Å². The summed E-state index contributed by atoms with van der Waals surface area (Å²) in [7, 11) is -2.04. The highest BCUT2D eigenvalue weighted by atomic mass is 16.7. The van der Waals surface area contributed by atoms with Crippen LogP contribution < -0.4 is 10.9 Å². The number of carboxylic acid groups (broad SMARTS) is 2. The Balaban J connectivity index is 2.13. The first-order chi connectivity index (χ1) is 13.5. The number of aromatic carboxylic acids is 2. The van der Waals surface area contributed by atoms with E-state index in [0.717, 1.165) is 0 Å². The standard InChI is InChI=1S/C20H28B2O8/c1-17(2)18(3,4)28-21(27-17)13-9-12(16(25)26)14(10-11(13)15(23)24)22-29-19(5,6)20(7,8)30-22/h9-10H,1-8H3,(H,23,24)(H,25,26). The lowest BCUT2D eigenvalue weighted by atomic mass is 9.68. The molecule has 0 unspecified atom stereocenters. The Bertz CT molecular complexity index is 801. The molecule has 0 amide bonds. The molecule has 162 valence electrons. The van der Waals surface area contributed by atoms with E-state index in [1.165, 1.54) is 12.1 Å². The third-order valence-corrected chi connectivity index (χ3v) is 6.70. The average molecular weight is 418 g/mol. The SMILES string of the molecule is CC1(C)OB(c2cc(C(=O)O)c(B3OC(C)(C)C(C)(C)O3)cc2C(=O)O)OC1(C)C. The quantitative estimate of drug-likeness (QED) is 0.711. The molecule has 2 saturated heterocycles. The summed E-state index contributed by atoms with van der Waals surface area (Å²) in [5, 5.41) is 19.7. The number of carbonyl (C=O) groups is 2. The van der Waals surface area contributed by atoms with Gasteiger partial charge in [-0.15, -0.1) is 0 Å². The summed E-state index contributed by atoms with van der Waals surface area (Å²) < 4.78 is 23.9. The van der Waals surface area contributed by atoms with Crippen molar-refractivity contribution in [2.45, 2.75) is 77.8 Å². The lowest BCUT2D eigenvalue weighted by molar-refractivity contribution is 0.00578. The zero-order valence-corrected chi connectivity index (χ0v) is 18.7. The normalized spacial score (nSPS) is 23.6. The van der Waals surface area contributed by atoms with E-state index >= 15 is 0 Å². The molecule has 0 bridgehead atoms. The van der Waals surface area contributed by atoms with Gasteiger partial charge in [0, 0.05) is 0 Å². The van der Waals surface area contributed by atoms with Crippen molar-refractivity contribution in [3.8, 4) is 0 Å². The fourth-order valence-corrected chi connectivity index (χ4v) is 3.33. The second kappa shape index (κ2) is 6.82. The van der Waals surface area contributed by atoms with E-state index < -0.39 is 48.6 Å². The molecule has 0 saturated carbocycles. The van der Waals surface area contributed by atoms with Crippen molar-refractivity contribution in [1.29, 1.82) is 0 Å². The van der Waals surface area contributed by atoms with Crippen LogP contribution in [0.25, 0.3) is 0 Å².